The number of para-hydroxylation sites is 1. The average molecular weight is 265 g/mol. The maximum absolute atomic E-state index is 10.7. The third kappa shape index (κ3) is 3.47. The molecule has 2 rings (SSSR count). The third-order valence-electron chi connectivity index (χ3n) is 3.47. The molecule has 2 N–H and O–H groups in total. The molecule has 0 saturated heterocycles. The number of fused-ring (bicyclic) bond motifs is 1. The van der Waals surface area contributed by atoms with Gasteiger partial charge in [-0.25, -0.2) is 0 Å². The highest BCUT2D eigenvalue weighted by Gasteiger charge is 2.28. The van der Waals surface area contributed by atoms with E-state index in [4.69, 9.17) is 9.47 Å². The predicted octanol–water partition coefficient (Wildman–Crippen LogP) is 1.46. The number of aliphatic hydroxyl groups is 1. The van der Waals surface area contributed by atoms with Gasteiger partial charge in [0.25, 0.3) is 0 Å². The van der Waals surface area contributed by atoms with Crippen LogP contribution in [-0.2, 0) is 16.8 Å². The van der Waals surface area contributed by atoms with Crippen LogP contribution in [0.4, 0.5) is 0 Å². The number of methoxy groups -OCH3 is 1. The van der Waals surface area contributed by atoms with Crippen molar-refractivity contribution in [3.63, 3.8) is 0 Å². The number of ether oxygens (including phenoxy) is 2. The summed E-state index contributed by atoms with van der Waals surface area (Å²) in [5.74, 6) is 0.868. The van der Waals surface area contributed by atoms with Gasteiger partial charge in [0.2, 0.25) is 0 Å². The fourth-order valence-electron chi connectivity index (χ4n) is 2.41. The Morgan fingerprint density at radius 2 is 2.32 bits per heavy atom. The van der Waals surface area contributed by atoms with Crippen LogP contribution in [0, 0.1) is 0 Å². The lowest BCUT2D eigenvalue weighted by Gasteiger charge is -2.29. The Morgan fingerprint density at radius 3 is 3.11 bits per heavy atom. The number of benzene rings is 1. The van der Waals surface area contributed by atoms with Crippen molar-refractivity contribution >= 4 is 0 Å². The lowest BCUT2D eigenvalue weighted by Crippen LogP contribution is -2.37. The number of nitrogens with one attached hydrogen (secondary N) is 1. The van der Waals surface area contributed by atoms with Crippen LogP contribution >= 0.6 is 0 Å². The second-order valence-corrected chi connectivity index (χ2v) is 5.19. The first-order valence-corrected chi connectivity index (χ1v) is 6.82. The smallest absolute Gasteiger partial charge is 0.128 e. The lowest BCUT2D eigenvalue weighted by atomic mass is 9.91. The Morgan fingerprint density at radius 1 is 1.47 bits per heavy atom. The van der Waals surface area contributed by atoms with Crippen molar-refractivity contribution in [2.24, 2.45) is 0 Å². The molecule has 1 heterocycles. The Hall–Kier alpha value is -1.10. The molecule has 4 nitrogen and oxygen atoms in total. The van der Waals surface area contributed by atoms with Gasteiger partial charge in [-0.1, -0.05) is 18.2 Å². The van der Waals surface area contributed by atoms with Crippen LogP contribution in [0.25, 0.3) is 0 Å². The van der Waals surface area contributed by atoms with Crippen molar-refractivity contribution in [1.29, 1.82) is 0 Å². The van der Waals surface area contributed by atoms with Crippen molar-refractivity contribution < 1.29 is 14.6 Å². The average Bonchev–Trinajstić information content (AvgIpc) is 2.43. The summed E-state index contributed by atoms with van der Waals surface area (Å²) in [6.07, 6.45) is 2.07. The summed E-state index contributed by atoms with van der Waals surface area (Å²) in [5, 5.41) is 13.9. The topological polar surface area (TPSA) is 50.7 Å². The van der Waals surface area contributed by atoms with Crippen LogP contribution in [0.1, 0.15) is 24.5 Å². The normalized spacial score (nSPS) is 17.4. The van der Waals surface area contributed by atoms with Crippen LogP contribution in [0.5, 0.6) is 5.75 Å². The second-order valence-electron chi connectivity index (χ2n) is 5.19. The maximum Gasteiger partial charge on any atom is 0.128 e. The quantitative estimate of drug-likeness (QED) is 0.765. The van der Waals surface area contributed by atoms with E-state index < -0.39 is 5.60 Å². The minimum absolute atomic E-state index is 0.482. The monoisotopic (exact) mass is 265 g/mol. The van der Waals surface area contributed by atoms with Crippen molar-refractivity contribution in [2.75, 3.05) is 33.4 Å². The van der Waals surface area contributed by atoms with Crippen molar-refractivity contribution in [3.8, 4) is 5.75 Å². The second kappa shape index (κ2) is 6.37. The molecule has 0 amide bonds. The molecule has 0 aliphatic carbocycles. The van der Waals surface area contributed by atoms with Crippen LogP contribution in [0.2, 0.25) is 0 Å². The van der Waals surface area contributed by atoms with Crippen molar-refractivity contribution in [2.45, 2.75) is 25.4 Å². The molecule has 19 heavy (non-hydrogen) atoms. The van der Waals surface area contributed by atoms with E-state index in [-0.39, 0.29) is 0 Å². The molecule has 0 aromatic heterocycles. The van der Waals surface area contributed by atoms with Gasteiger partial charge in [-0.2, -0.15) is 0 Å². The van der Waals surface area contributed by atoms with Gasteiger partial charge >= 0.3 is 0 Å². The van der Waals surface area contributed by atoms with E-state index in [0.717, 1.165) is 37.3 Å². The van der Waals surface area contributed by atoms with Gasteiger partial charge in [-0.3, -0.25) is 0 Å². The van der Waals surface area contributed by atoms with Crippen molar-refractivity contribution in [1.82, 2.24) is 5.32 Å². The van der Waals surface area contributed by atoms with Crippen LogP contribution in [0.3, 0.4) is 0 Å². The molecule has 1 aliphatic rings. The molecule has 1 unspecified atom stereocenters. The molecule has 0 bridgehead atoms. The number of rotatable bonds is 6. The van der Waals surface area contributed by atoms with Gasteiger partial charge < -0.3 is 19.9 Å². The minimum atomic E-state index is -0.934. The lowest BCUT2D eigenvalue weighted by molar-refractivity contribution is 0.0511. The standard InChI is InChI=1S/C15H23NO3/c1-15(17,11-16-8-10-18-2)13-7-3-5-12-6-4-9-19-14(12)13/h3,5,7,16-17H,4,6,8-11H2,1-2H3. The van der Waals surface area contributed by atoms with Crippen LogP contribution in [0.15, 0.2) is 18.2 Å². The molecule has 0 saturated carbocycles. The predicted molar refractivity (Wildman–Crippen MR) is 74.6 cm³/mol. The van der Waals surface area contributed by atoms with Crippen molar-refractivity contribution in [3.05, 3.63) is 29.3 Å². The molecule has 4 heteroatoms. The first-order valence-electron chi connectivity index (χ1n) is 6.82. The van der Waals surface area contributed by atoms with E-state index in [2.05, 4.69) is 11.4 Å². The zero-order valence-corrected chi connectivity index (χ0v) is 11.7. The summed E-state index contributed by atoms with van der Waals surface area (Å²) in [4.78, 5) is 0. The summed E-state index contributed by atoms with van der Waals surface area (Å²) in [7, 11) is 1.67. The molecule has 1 atom stereocenters. The Kier molecular flexibility index (Phi) is 4.80. The van der Waals surface area contributed by atoms with E-state index in [1.165, 1.54) is 5.56 Å². The summed E-state index contributed by atoms with van der Waals surface area (Å²) >= 11 is 0. The molecule has 0 spiro atoms. The first-order chi connectivity index (χ1) is 9.15. The Bertz CT molecular complexity index is 418. The molecular weight excluding hydrogens is 242 g/mol. The fraction of sp³-hybridized carbons (Fsp3) is 0.600. The number of hydrogen-bond acceptors (Lipinski definition) is 4. The Balaban J connectivity index is 2.11. The van der Waals surface area contributed by atoms with E-state index in [1.807, 2.05) is 19.1 Å². The van der Waals surface area contributed by atoms with Gasteiger partial charge in [0, 0.05) is 25.8 Å². The Labute approximate surface area is 114 Å². The molecule has 0 fully saturated rings. The van der Waals surface area contributed by atoms with Gasteiger partial charge in [-0.05, 0) is 25.3 Å². The SMILES string of the molecule is COCCNCC(C)(O)c1cccc2c1OCCC2. The van der Waals surface area contributed by atoms with E-state index in [9.17, 15) is 5.11 Å². The number of aryl methyl sites for hydroxylation is 1. The minimum Gasteiger partial charge on any atom is -0.493 e. The molecule has 1 aliphatic heterocycles. The summed E-state index contributed by atoms with van der Waals surface area (Å²) in [5.41, 5.74) is 1.13. The zero-order valence-electron chi connectivity index (χ0n) is 11.7. The highest BCUT2D eigenvalue weighted by molar-refractivity contribution is 5.45. The molecule has 106 valence electrons. The molecule has 0 radical (unpaired) electrons. The molecular formula is C15H23NO3. The van der Waals surface area contributed by atoms with Gasteiger partial charge in [0.15, 0.2) is 0 Å². The van der Waals surface area contributed by atoms with Crippen LogP contribution < -0.4 is 10.1 Å². The fourth-order valence-corrected chi connectivity index (χ4v) is 2.41. The van der Waals surface area contributed by atoms with Crippen LogP contribution in [-0.4, -0.2) is 38.5 Å². The summed E-state index contributed by atoms with van der Waals surface area (Å²) < 4.78 is 10.7. The van der Waals surface area contributed by atoms with Gasteiger partial charge in [0.05, 0.1) is 13.2 Å². The molecule has 1 aromatic rings. The van der Waals surface area contributed by atoms with Gasteiger partial charge in [-0.15, -0.1) is 0 Å². The third-order valence-corrected chi connectivity index (χ3v) is 3.47. The zero-order chi connectivity index (χ0) is 13.7. The summed E-state index contributed by atoms with van der Waals surface area (Å²) in [6.45, 7) is 4.40. The summed E-state index contributed by atoms with van der Waals surface area (Å²) in [6, 6.07) is 6.01. The van der Waals surface area contributed by atoms with E-state index in [1.54, 1.807) is 7.11 Å². The van der Waals surface area contributed by atoms with Gasteiger partial charge in [0.1, 0.15) is 11.4 Å². The maximum atomic E-state index is 10.7. The number of hydrogen-bond donors (Lipinski definition) is 2. The van der Waals surface area contributed by atoms with E-state index in [0.29, 0.717) is 13.2 Å². The first kappa shape index (κ1) is 14.3. The molecule has 1 aromatic carbocycles. The highest BCUT2D eigenvalue weighted by Crippen LogP contribution is 2.35. The largest absolute Gasteiger partial charge is 0.493 e. The van der Waals surface area contributed by atoms with E-state index >= 15 is 0 Å². The highest BCUT2D eigenvalue weighted by atomic mass is 16.5.